The quantitative estimate of drug-likeness (QED) is 0.757. The highest BCUT2D eigenvalue weighted by molar-refractivity contribution is 5.66. The van der Waals surface area contributed by atoms with Gasteiger partial charge >= 0.3 is 5.97 Å². The third-order valence-corrected chi connectivity index (χ3v) is 2.36. The minimum absolute atomic E-state index is 0.227. The zero-order valence-electron chi connectivity index (χ0n) is 9.59. The molecule has 1 heterocycles. The van der Waals surface area contributed by atoms with Crippen molar-refractivity contribution in [2.24, 2.45) is 0 Å². The molecule has 3 nitrogen and oxygen atoms in total. The molecule has 0 aliphatic rings. The number of nitrogens with zero attached hydrogens (tertiary/aromatic N) is 1. The number of hydrogen-bond donors (Lipinski definition) is 0. The van der Waals surface area contributed by atoms with Crippen LogP contribution in [0.5, 0.6) is 0 Å². The second kappa shape index (κ2) is 5.25. The van der Waals surface area contributed by atoms with E-state index >= 15 is 0 Å². The Labute approximate surface area is 100 Å². The van der Waals surface area contributed by atoms with Crippen molar-refractivity contribution in [3.8, 4) is 11.1 Å². The van der Waals surface area contributed by atoms with Gasteiger partial charge in [-0.3, -0.25) is 9.78 Å². The molecular weight excluding hydrogens is 214 g/mol. The summed E-state index contributed by atoms with van der Waals surface area (Å²) in [6.45, 7) is 1.61. The molecule has 0 amide bonds. The molecule has 0 fully saturated rings. The van der Waals surface area contributed by atoms with E-state index in [4.69, 9.17) is 4.74 Å². The number of ether oxygens (including phenoxy) is 1. The van der Waals surface area contributed by atoms with E-state index in [1.807, 2.05) is 42.5 Å². The summed E-state index contributed by atoms with van der Waals surface area (Å²) in [6, 6.07) is 13.9. The molecule has 2 rings (SSSR count). The first kappa shape index (κ1) is 11.3. The summed E-state index contributed by atoms with van der Waals surface area (Å²) < 4.78 is 4.87. The zero-order chi connectivity index (χ0) is 12.1. The topological polar surface area (TPSA) is 39.2 Å². The normalized spacial score (nSPS) is 9.94. The Morgan fingerprint density at radius 2 is 1.88 bits per heavy atom. The molecule has 2 aromatic rings. The maximum Gasteiger partial charge on any atom is 0.303 e. The fourth-order valence-electron chi connectivity index (χ4n) is 1.49. The molecule has 0 spiro atoms. The average Bonchev–Trinajstić information content (AvgIpc) is 2.38. The Bertz CT molecular complexity index is 491. The van der Waals surface area contributed by atoms with Crippen molar-refractivity contribution in [1.29, 1.82) is 0 Å². The van der Waals surface area contributed by atoms with Gasteiger partial charge in [-0.1, -0.05) is 36.4 Å². The Hall–Kier alpha value is -2.16. The van der Waals surface area contributed by atoms with E-state index in [-0.39, 0.29) is 12.6 Å². The van der Waals surface area contributed by atoms with Crippen molar-refractivity contribution in [2.45, 2.75) is 13.5 Å². The van der Waals surface area contributed by atoms with Gasteiger partial charge in [0.1, 0.15) is 6.61 Å². The largest absolute Gasteiger partial charge is 0.459 e. The van der Waals surface area contributed by atoms with Crippen molar-refractivity contribution in [2.75, 3.05) is 0 Å². The SMILES string of the molecule is CC(=O)OCc1ccc(-c2ccccc2)cn1. The molecule has 1 aromatic heterocycles. The van der Waals surface area contributed by atoms with E-state index < -0.39 is 0 Å². The highest BCUT2D eigenvalue weighted by Crippen LogP contribution is 2.17. The molecule has 0 saturated carbocycles. The highest BCUT2D eigenvalue weighted by atomic mass is 16.5. The van der Waals surface area contributed by atoms with Gasteiger partial charge in [0.25, 0.3) is 0 Å². The summed E-state index contributed by atoms with van der Waals surface area (Å²) in [6.07, 6.45) is 1.79. The predicted molar refractivity (Wildman–Crippen MR) is 65.1 cm³/mol. The minimum atomic E-state index is -0.293. The van der Waals surface area contributed by atoms with E-state index in [2.05, 4.69) is 4.98 Å². The van der Waals surface area contributed by atoms with Crippen LogP contribution in [-0.2, 0) is 16.1 Å². The van der Waals surface area contributed by atoms with Crippen LogP contribution in [0, 0.1) is 0 Å². The number of carbonyl (C=O) groups is 1. The Morgan fingerprint density at radius 3 is 2.47 bits per heavy atom. The van der Waals surface area contributed by atoms with Crippen LogP contribution in [0.3, 0.4) is 0 Å². The van der Waals surface area contributed by atoms with Crippen molar-refractivity contribution < 1.29 is 9.53 Å². The molecule has 0 N–H and O–H groups in total. The first-order valence-electron chi connectivity index (χ1n) is 5.39. The molecule has 0 unspecified atom stereocenters. The first-order valence-corrected chi connectivity index (χ1v) is 5.39. The van der Waals surface area contributed by atoms with Gasteiger partial charge in [0.05, 0.1) is 5.69 Å². The average molecular weight is 227 g/mol. The van der Waals surface area contributed by atoms with Gasteiger partial charge in [0.15, 0.2) is 0 Å². The van der Waals surface area contributed by atoms with Gasteiger partial charge in [-0.2, -0.15) is 0 Å². The molecule has 17 heavy (non-hydrogen) atoms. The molecular formula is C14H13NO2. The summed E-state index contributed by atoms with van der Waals surface area (Å²) in [4.78, 5) is 14.9. The summed E-state index contributed by atoms with van der Waals surface area (Å²) in [7, 11) is 0. The number of carbonyl (C=O) groups excluding carboxylic acids is 1. The number of aromatic nitrogens is 1. The van der Waals surface area contributed by atoms with Crippen molar-refractivity contribution in [3.05, 3.63) is 54.4 Å². The molecule has 0 bridgehead atoms. The van der Waals surface area contributed by atoms with Gasteiger partial charge in [-0.05, 0) is 11.6 Å². The monoisotopic (exact) mass is 227 g/mol. The minimum Gasteiger partial charge on any atom is -0.459 e. The Balaban J connectivity index is 2.11. The lowest BCUT2D eigenvalue weighted by atomic mass is 10.1. The van der Waals surface area contributed by atoms with Crippen molar-refractivity contribution >= 4 is 5.97 Å². The second-order valence-corrected chi connectivity index (χ2v) is 3.68. The molecule has 0 atom stereocenters. The molecule has 1 aromatic carbocycles. The van der Waals surface area contributed by atoms with Crippen LogP contribution in [0.25, 0.3) is 11.1 Å². The maximum absolute atomic E-state index is 10.7. The molecule has 86 valence electrons. The summed E-state index contributed by atoms with van der Waals surface area (Å²) in [5.41, 5.74) is 2.93. The lowest BCUT2D eigenvalue weighted by molar-refractivity contribution is -0.142. The first-order chi connectivity index (χ1) is 8.25. The van der Waals surface area contributed by atoms with Crippen LogP contribution in [0.1, 0.15) is 12.6 Å². The maximum atomic E-state index is 10.7. The molecule has 0 aliphatic carbocycles. The van der Waals surface area contributed by atoms with Crippen molar-refractivity contribution in [1.82, 2.24) is 4.98 Å². The van der Waals surface area contributed by atoms with Crippen molar-refractivity contribution in [3.63, 3.8) is 0 Å². The number of benzene rings is 1. The molecule has 0 radical (unpaired) electrons. The van der Waals surface area contributed by atoms with Crippen LogP contribution < -0.4 is 0 Å². The lowest BCUT2D eigenvalue weighted by Gasteiger charge is -2.03. The Morgan fingerprint density at radius 1 is 1.12 bits per heavy atom. The van der Waals surface area contributed by atoms with Gasteiger partial charge in [-0.25, -0.2) is 0 Å². The Kier molecular flexibility index (Phi) is 3.50. The van der Waals surface area contributed by atoms with Crippen LogP contribution in [0.4, 0.5) is 0 Å². The van der Waals surface area contributed by atoms with E-state index in [0.29, 0.717) is 0 Å². The third-order valence-electron chi connectivity index (χ3n) is 2.36. The van der Waals surface area contributed by atoms with Crippen LogP contribution in [0.2, 0.25) is 0 Å². The smallest absolute Gasteiger partial charge is 0.303 e. The number of hydrogen-bond acceptors (Lipinski definition) is 3. The fraction of sp³-hybridized carbons (Fsp3) is 0.143. The predicted octanol–water partition coefficient (Wildman–Crippen LogP) is 2.81. The summed E-state index contributed by atoms with van der Waals surface area (Å²) >= 11 is 0. The van der Waals surface area contributed by atoms with E-state index in [1.165, 1.54) is 6.92 Å². The number of esters is 1. The fourth-order valence-corrected chi connectivity index (χ4v) is 1.49. The number of rotatable bonds is 3. The third kappa shape index (κ3) is 3.14. The van der Waals surface area contributed by atoms with Crippen LogP contribution in [-0.4, -0.2) is 11.0 Å². The van der Waals surface area contributed by atoms with E-state index in [9.17, 15) is 4.79 Å². The van der Waals surface area contributed by atoms with Gasteiger partial charge in [0.2, 0.25) is 0 Å². The van der Waals surface area contributed by atoms with Gasteiger partial charge in [0, 0.05) is 18.7 Å². The van der Waals surface area contributed by atoms with Crippen LogP contribution in [0.15, 0.2) is 48.7 Å². The lowest BCUT2D eigenvalue weighted by Crippen LogP contribution is -2.00. The molecule has 0 aliphatic heterocycles. The van der Waals surface area contributed by atoms with E-state index in [1.54, 1.807) is 6.20 Å². The van der Waals surface area contributed by atoms with E-state index in [0.717, 1.165) is 16.8 Å². The number of pyridine rings is 1. The second-order valence-electron chi connectivity index (χ2n) is 3.68. The van der Waals surface area contributed by atoms with Gasteiger partial charge < -0.3 is 4.74 Å². The summed E-state index contributed by atoms with van der Waals surface area (Å²) in [5.74, 6) is -0.293. The highest BCUT2D eigenvalue weighted by Gasteiger charge is 2.00. The molecule has 0 saturated heterocycles. The van der Waals surface area contributed by atoms with Crippen LogP contribution >= 0.6 is 0 Å². The standard InChI is InChI=1S/C14H13NO2/c1-11(16)17-10-14-8-7-13(9-15-14)12-5-3-2-4-6-12/h2-9H,10H2,1H3. The zero-order valence-corrected chi connectivity index (χ0v) is 9.59. The van der Waals surface area contributed by atoms with Gasteiger partial charge in [-0.15, -0.1) is 0 Å². The molecule has 3 heteroatoms. The summed E-state index contributed by atoms with van der Waals surface area (Å²) in [5, 5.41) is 0.